The molecule has 17 heavy (non-hydrogen) atoms. The summed E-state index contributed by atoms with van der Waals surface area (Å²) in [6.45, 7) is 4.98. The molecular formula is C10H21FN2O4. The maximum absolute atomic E-state index is 13.3. The van der Waals surface area contributed by atoms with Crippen LogP contribution in [0.4, 0.5) is 9.18 Å². The number of carbonyl (C=O) groups is 1. The Hall–Kier alpha value is -0.920. The van der Waals surface area contributed by atoms with E-state index in [1.807, 2.05) is 0 Å². The van der Waals surface area contributed by atoms with E-state index in [0.717, 1.165) is 0 Å². The molecule has 0 aliphatic carbocycles. The van der Waals surface area contributed by atoms with Gasteiger partial charge >= 0.3 is 6.09 Å². The molecule has 0 aromatic heterocycles. The highest BCUT2D eigenvalue weighted by atomic mass is 19.1. The first-order valence-corrected chi connectivity index (χ1v) is 5.38. The maximum Gasteiger partial charge on any atom is 0.406 e. The molecule has 102 valence electrons. The fraction of sp³-hybridized carbons (Fsp3) is 0.900. The van der Waals surface area contributed by atoms with E-state index in [2.05, 4.69) is 5.32 Å². The Bertz CT molecular complexity index is 238. The summed E-state index contributed by atoms with van der Waals surface area (Å²) in [5, 5.41) is 10.5. The summed E-state index contributed by atoms with van der Waals surface area (Å²) in [5.74, 6) is 0. The standard InChI is InChI=1S/C10H21FN2O4/c1-7(13-9(14)15)16-4-5-17-10(2,3)8(11)6-12/h7-8,13H,4-6,12H2,1-3H3,(H,14,15). The summed E-state index contributed by atoms with van der Waals surface area (Å²) in [5.41, 5.74) is 4.23. The molecule has 2 unspecified atom stereocenters. The fourth-order valence-electron chi connectivity index (χ4n) is 1.12. The van der Waals surface area contributed by atoms with Crippen LogP contribution in [-0.2, 0) is 9.47 Å². The minimum atomic E-state index is -1.25. The zero-order valence-corrected chi connectivity index (χ0v) is 10.4. The molecule has 0 bridgehead atoms. The number of carboxylic acid groups (broad SMARTS) is 1. The van der Waals surface area contributed by atoms with E-state index in [1.165, 1.54) is 0 Å². The van der Waals surface area contributed by atoms with E-state index in [0.29, 0.717) is 0 Å². The van der Waals surface area contributed by atoms with E-state index in [-0.39, 0.29) is 19.8 Å². The number of nitrogens with one attached hydrogen (secondary N) is 1. The highest BCUT2D eigenvalue weighted by Gasteiger charge is 2.29. The van der Waals surface area contributed by atoms with E-state index in [4.69, 9.17) is 20.3 Å². The highest BCUT2D eigenvalue weighted by Crippen LogP contribution is 2.16. The minimum Gasteiger partial charge on any atom is -0.465 e. The van der Waals surface area contributed by atoms with Crippen molar-refractivity contribution < 1.29 is 23.8 Å². The Labute approximate surface area is 100 Å². The number of ether oxygens (including phenoxy) is 2. The number of nitrogens with two attached hydrogens (primary N) is 1. The fourth-order valence-corrected chi connectivity index (χ4v) is 1.12. The van der Waals surface area contributed by atoms with Gasteiger partial charge in [0.1, 0.15) is 12.4 Å². The van der Waals surface area contributed by atoms with Crippen LogP contribution in [0.1, 0.15) is 20.8 Å². The van der Waals surface area contributed by atoms with Crippen molar-refractivity contribution >= 4 is 6.09 Å². The topological polar surface area (TPSA) is 93.8 Å². The van der Waals surface area contributed by atoms with Gasteiger partial charge in [-0.15, -0.1) is 0 Å². The molecule has 0 saturated heterocycles. The summed E-state index contributed by atoms with van der Waals surface area (Å²) < 4.78 is 23.7. The molecule has 0 saturated carbocycles. The molecule has 0 fully saturated rings. The van der Waals surface area contributed by atoms with Gasteiger partial charge in [0.25, 0.3) is 0 Å². The van der Waals surface area contributed by atoms with Crippen molar-refractivity contribution in [2.45, 2.75) is 38.8 Å². The lowest BCUT2D eigenvalue weighted by Gasteiger charge is -2.28. The second kappa shape index (κ2) is 7.41. The third-order valence-electron chi connectivity index (χ3n) is 2.21. The van der Waals surface area contributed by atoms with Gasteiger partial charge in [-0.25, -0.2) is 9.18 Å². The smallest absolute Gasteiger partial charge is 0.406 e. The number of alkyl halides is 1. The first-order valence-electron chi connectivity index (χ1n) is 5.38. The van der Waals surface area contributed by atoms with Crippen LogP contribution in [0, 0.1) is 0 Å². The summed E-state index contributed by atoms with van der Waals surface area (Å²) in [4.78, 5) is 10.2. The van der Waals surface area contributed by atoms with Crippen molar-refractivity contribution in [2.75, 3.05) is 19.8 Å². The molecule has 6 nitrogen and oxygen atoms in total. The molecule has 4 N–H and O–H groups in total. The Morgan fingerprint density at radius 1 is 1.53 bits per heavy atom. The summed E-state index contributed by atoms with van der Waals surface area (Å²) in [7, 11) is 0. The lowest BCUT2D eigenvalue weighted by Crippen LogP contribution is -2.42. The molecular weight excluding hydrogens is 231 g/mol. The molecule has 0 aromatic carbocycles. The van der Waals surface area contributed by atoms with Gasteiger partial charge in [-0.2, -0.15) is 0 Å². The predicted octanol–water partition coefficient (Wildman–Crippen LogP) is 0.709. The Kier molecular flexibility index (Phi) is 7.01. The molecule has 0 radical (unpaired) electrons. The minimum absolute atomic E-state index is 0.106. The van der Waals surface area contributed by atoms with Crippen LogP contribution in [0.3, 0.4) is 0 Å². The third kappa shape index (κ3) is 7.09. The summed E-state index contributed by atoms with van der Waals surface area (Å²) in [6.07, 6.45) is -3.04. The molecule has 1 amide bonds. The number of halogens is 1. The largest absolute Gasteiger partial charge is 0.465 e. The molecule has 0 spiro atoms. The average Bonchev–Trinajstić information content (AvgIpc) is 2.22. The first kappa shape index (κ1) is 16.1. The van der Waals surface area contributed by atoms with Gasteiger partial charge in [-0.05, 0) is 20.8 Å². The van der Waals surface area contributed by atoms with Crippen molar-refractivity contribution in [3.63, 3.8) is 0 Å². The van der Waals surface area contributed by atoms with Crippen LogP contribution in [0.5, 0.6) is 0 Å². The van der Waals surface area contributed by atoms with Crippen LogP contribution < -0.4 is 11.1 Å². The molecule has 0 aliphatic rings. The Morgan fingerprint density at radius 2 is 2.12 bits per heavy atom. The predicted molar refractivity (Wildman–Crippen MR) is 60.6 cm³/mol. The SMILES string of the molecule is CC(NC(=O)O)OCCOC(C)(C)C(F)CN. The van der Waals surface area contributed by atoms with Crippen molar-refractivity contribution in [1.29, 1.82) is 0 Å². The molecule has 0 aliphatic heterocycles. The quantitative estimate of drug-likeness (QED) is 0.437. The lowest BCUT2D eigenvalue weighted by molar-refractivity contribution is -0.0936. The van der Waals surface area contributed by atoms with Crippen LogP contribution >= 0.6 is 0 Å². The van der Waals surface area contributed by atoms with Gasteiger partial charge in [0.2, 0.25) is 0 Å². The van der Waals surface area contributed by atoms with E-state index >= 15 is 0 Å². The van der Waals surface area contributed by atoms with Crippen LogP contribution in [-0.4, -0.2) is 49.0 Å². The van der Waals surface area contributed by atoms with Gasteiger partial charge in [0, 0.05) is 6.54 Å². The summed E-state index contributed by atoms with van der Waals surface area (Å²) in [6, 6.07) is 0. The second-order valence-corrected chi connectivity index (χ2v) is 4.12. The number of hydrogen-bond donors (Lipinski definition) is 3. The van der Waals surface area contributed by atoms with Crippen LogP contribution in [0.15, 0.2) is 0 Å². The molecule has 0 rings (SSSR count). The summed E-state index contributed by atoms with van der Waals surface area (Å²) >= 11 is 0. The lowest BCUT2D eigenvalue weighted by atomic mass is 10.0. The Morgan fingerprint density at radius 3 is 2.59 bits per heavy atom. The van der Waals surface area contributed by atoms with Crippen molar-refractivity contribution in [2.24, 2.45) is 5.73 Å². The highest BCUT2D eigenvalue weighted by molar-refractivity contribution is 5.64. The maximum atomic E-state index is 13.3. The molecule has 2 atom stereocenters. The van der Waals surface area contributed by atoms with Gasteiger partial charge < -0.3 is 20.3 Å². The monoisotopic (exact) mass is 252 g/mol. The van der Waals surface area contributed by atoms with Gasteiger partial charge in [-0.3, -0.25) is 5.32 Å². The number of amides is 1. The van der Waals surface area contributed by atoms with Crippen molar-refractivity contribution in [3.05, 3.63) is 0 Å². The van der Waals surface area contributed by atoms with Gasteiger partial charge in [-0.1, -0.05) is 0 Å². The normalized spacial score (nSPS) is 15.4. The zero-order chi connectivity index (χ0) is 13.5. The Balaban J connectivity index is 3.73. The average molecular weight is 252 g/mol. The van der Waals surface area contributed by atoms with Crippen molar-refractivity contribution in [3.8, 4) is 0 Å². The number of rotatable bonds is 8. The first-order chi connectivity index (χ1) is 7.79. The van der Waals surface area contributed by atoms with Crippen molar-refractivity contribution in [1.82, 2.24) is 5.32 Å². The van der Waals surface area contributed by atoms with Crippen LogP contribution in [0.2, 0.25) is 0 Å². The van der Waals surface area contributed by atoms with Crippen LogP contribution in [0.25, 0.3) is 0 Å². The molecule has 7 heteroatoms. The van der Waals surface area contributed by atoms with E-state index in [9.17, 15) is 9.18 Å². The molecule has 0 aromatic rings. The van der Waals surface area contributed by atoms with E-state index < -0.39 is 24.1 Å². The third-order valence-corrected chi connectivity index (χ3v) is 2.21. The number of hydrogen-bond acceptors (Lipinski definition) is 4. The molecule has 0 heterocycles. The second-order valence-electron chi connectivity index (χ2n) is 4.12. The van der Waals surface area contributed by atoms with Gasteiger partial charge in [0.15, 0.2) is 0 Å². The van der Waals surface area contributed by atoms with Gasteiger partial charge in [0.05, 0.1) is 18.8 Å². The zero-order valence-electron chi connectivity index (χ0n) is 10.4. The van der Waals surface area contributed by atoms with E-state index in [1.54, 1.807) is 20.8 Å².